The number of ether oxygens (including phenoxy) is 2. The van der Waals surface area contributed by atoms with Crippen molar-refractivity contribution in [3.63, 3.8) is 0 Å². The summed E-state index contributed by atoms with van der Waals surface area (Å²) in [5, 5.41) is 11.4. The van der Waals surface area contributed by atoms with Crippen LogP contribution in [-0.2, 0) is 11.3 Å². The third-order valence-electron chi connectivity index (χ3n) is 4.68. The van der Waals surface area contributed by atoms with Crippen LogP contribution < -0.4 is 4.74 Å². The maximum absolute atomic E-state index is 10.3. The molecule has 0 spiro atoms. The van der Waals surface area contributed by atoms with Crippen molar-refractivity contribution in [3.8, 4) is 5.75 Å². The molecule has 0 fully saturated rings. The first-order valence-electron chi connectivity index (χ1n) is 8.67. The first-order valence-corrected chi connectivity index (χ1v) is 8.67. The Morgan fingerprint density at radius 1 is 1.04 bits per heavy atom. The van der Waals surface area contributed by atoms with Crippen molar-refractivity contribution < 1.29 is 14.6 Å². The summed E-state index contributed by atoms with van der Waals surface area (Å²) in [6.07, 6.45) is 0. The van der Waals surface area contributed by atoms with Crippen LogP contribution in [0.1, 0.15) is 25.1 Å². The van der Waals surface area contributed by atoms with E-state index >= 15 is 0 Å². The predicted octanol–water partition coefficient (Wildman–Crippen LogP) is 4.89. The molecule has 0 amide bonds. The van der Waals surface area contributed by atoms with Crippen molar-refractivity contribution in [1.82, 2.24) is 4.98 Å². The Balaban J connectivity index is 1.47. The van der Waals surface area contributed by atoms with Gasteiger partial charge in [-0.05, 0) is 43.7 Å². The molecule has 4 heteroatoms. The van der Waals surface area contributed by atoms with E-state index < -0.39 is 5.60 Å². The van der Waals surface area contributed by atoms with E-state index in [1.807, 2.05) is 68.4 Å². The van der Waals surface area contributed by atoms with Gasteiger partial charge in [0.15, 0.2) is 0 Å². The monoisotopic (exact) mass is 347 g/mol. The molecule has 0 bridgehead atoms. The van der Waals surface area contributed by atoms with Gasteiger partial charge in [0.25, 0.3) is 0 Å². The lowest BCUT2D eigenvalue weighted by Crippen LogP contribution is -2.21. The number of hydrogen-bond acceptors (Lipinski definition) is 4. The van der Waals surface area contributed by atoms with Crippen LogP contribution in [0.15, 0.2) is 66.4 Å². The first-order chi connectivity index (χ1) is 12.5. The Morgan fingerprint density at radius 2 is 1.81 bits per heavy atom. The van der Waals surface area contributed by atoms with Gasteiger partial charge in [-0.3, -0.25) is 0 Å². The summed E-state index contributed by atoms with van der Waals surface area (Å²) >= 11 is 0. The van der Waals surface area contributed by atoms with Crippen LogP contribution in [0.2, 0.25) is 0 Å². The average molecular weight is 347 g/mol. The Hall–Kier alpha value is -2.85. The number of benzene rings is 2. The fourth-order valence-electron chi connectivity index (χ4n) is 3.07. The van der Waals surface area contributed by atoms with Gasteiger partial charge in [-0.15, -0.1) is 0 Å². The molecule has 2 heterocycles. The average Bonchev–Trinajstić information content (AvgIpc) is 2.93. The SMILES string of the molecule is CC1(C)OCC(c2ccc(OCc3ccc4ccccc4n3)cc2)=C1O. The number of fused-ring (bicyclic) bond motifs is 1. The van der Waals surface area contributed by atoms with E-state index in [0.29, 0.717) is 19.0 Å². The predicted molar refractivity (Wildman–Crippen MR) is 102 cm³/mol. The lowest BCUT2D eigenvalue weighted by Gasteiger charge is -2.16. The van der Waals surface area contributed by atoms with Gasteiger partial charge >= 0.3 is 0 Å². The molecular formula is C22H21NO3. The highest BCUT2D eigenvalue weighted by molar-refractivity contribution is 5.78. The highest BCUT2D eigenvalue weighted by Crippen LogP contribution is 2.35. The van der Waals surface area contributed by atoms with Gasteiger partial charge in [0, 0.05) is 11.0 Å². The zero-order valence-electron chi connectivity index (χ0n) is 14.9. The quantitative estimate of drug-likeness (QED) is 0.730. The number of nitrogens with zero attached hydrogens (tertiary/aromatic N) is 1. The van der Waals surface area contributed by atoms with E-state index in [4.69, 9.17) is 9.47 Å². The molecule has 4 rings (SSSR count). The van der Waals surface area contributed by atoms with Crippen molar-refractivity contribution >= 4 is 16.5 Å². The zero-order valence-corrected chi connectivity index (χ0v) is 14.9. The molecule has 4 nitrogen and oxygen atoms in total. The van der Waals surface area contributed by atoms with Gasteiger partial charge in [-0.25, -0.2) is 4.98 Å². The van der Waals surface area contributed by atoms with Crippen LogP contribution in [0.5, 0.6) is 5.75 Å². The van der Waals surface area contributed by atoms with Crippen molar-refractivity contribution in [3.05, 3.63) is 77.7 Å². The van der Waals surface area contributed by atoms with Crippen LogP contribution in [0.25, 0.3) is 16.5 Å². The smallest absolute Gasteiger partial charge is 0.130 e. The summed E-state index contributed by atoms with van der Waals surface area (Å²) in [6, 6.07) is 19.8. The summed E-state index contributed by atoms with van der Waals surface area (Å²) in [4.78, 5) is 4.61. The molecule has 0 atom stereocenters. The molecule has 1 aliphatic heterocycles. The molecule has 0 radical (unpaired) electrons. The number of aliphatic hydroxyl groups excluding tert-OH is 1. The van der Waals surface area contributed by atoms with Gasteiger partial charge in [-0.2, -0.15) is 0 Å². The normalized spacial score (nSPS) is 16.2. The fraction of sp³-hybridized carbons (Fsp3) is 0.227. The molecular weight excluding hydrogens is 326 g/mol. The number of aromatic nitrogens is 1. The summed E-state index contributed by atoms with van der Waals surface area (Å²) in [5.74, 6) is 1.06. The third-order valence-corrected chi connectivity index (χ3v) is 4.68. The summed E-state index contributed by atoms with van der Waals surface area (Å²) in [7, 11) is 0. The molecule has 0 saturated heterocycles. The summed E-state index contributed by atoms with van der Waals surface area (Å²) < 4.78 is 11.5. The minimum Gasteiger partial charge on any atom is -0.509 e. The minimum atomic E-state index is -0.619. The maximum atomic E-state index is 10.3. The van der Waals surface area contributed by atoms with Gasteiger partial charge in [0.05, 0.1) is 17.8 Å². The Bertz CT molecular complexity index is 974. The van der Waals surface area contributed by atoms with Crippen molar-refractivity contribution in [2.24, 2.45) is 0 Å². The van der Waals surface area contributed by atoms with E-state index in [9.17, 15) is 5.11 Å². The number of rotatable bonds is 4. The van der Waals surface area contributed by atoms with Crippen molar-refractivity contribution in [2.75, 3.05) is 6.61 Å². The lowest BCUT2D eigenvalue weighted by atomic mass is 10.0. The molecule has 132 valence electrons. The fourth-order valence-corrected chi connectivity index (χ4v) is 3.07. The number of pyridine rings is 1. The molecule has 0 aliphatic carbocycles. The first kappa shape index (κ1) is 16.6. The Kier molecular flexibility index (Phi) is 4.13. The second-order valence-electron chi connectivity index (χ2n) is 6.93. The van der Waals surface area contributed by atoms with E-state index in [1.165, 1.54) is 0 Å². The molecule has 26 heavy (non-hydrogen) atoms. The molecule has 0 unspecified atom stereocenters. The standard InChI is InChI=1S/C22H21NO3/c1-22(2)21(24)19(14-26-22)15-8-11-18(12-9-15)25-13-17-10-7-16-5-3-4-6-20(16)23-17/h3-12,24H,13-14H2,1-2H3. The van der Waals surface area contributed by atoms with Gasteiger partial charge in [0.1, 0.15) is 23.7 Å². The third kappa shape index (κ3) is 3.16. The lowest BCUT2D eigenvalue weighted by molar-refractivity contribution is 0.0248. The van der Waals surface area contributed by atoms with Crippen LogP contribution in [0.4, 0.5) is 0 Å². The van der Waals surface area contributed by atoms with Gasteiger partial charge in [0.2, 0.25) is 0 Å². The van der Waals surface area contributed by atoms with Gasteiger partial charge in [-0.1, -0.05) is 36.4 Å². The van der Waals surface area contributed by atoms with Crippen LogP contribution in [0.3, 0.4) is 0 Å². The Morgan fingerprint density at radius 3 is 2.54 bits per heavy atom. The molecule has 1 N–H and O–H groups in total. The molecule has 1 aliphatic rings. The largest absolute Gasteiger partial charge is 0.509 e. The zero-order chi connectivity index (χ0) is 18.1. The minimum absolute atomic E-state index is 0.298. The summed E-state index contributed by atoms with van der Waals surface area (Å²) in [5.41, 5.74) is 3.02. The highest BCUT2D eigenvalue weighted by atomic mass is 16.5. The number of para-hydroxylation sites is 1. The Labute approximate surface area is 152 Å². The number of hydrogen-bond donors (Lipinski definition) is 1. The summed E-state index contributed by atoms with van der Waals surface area (Å²) in [6.45, 7) is 4.56. The van der Waals surface area contributed by atoms with E-state index in [0.717, 1.165) is 33.5 Å². The van der Waals surface area contributed by atoms with Crippen LogP contribution >= 0.6 is 0 Å². The molecule has 0 saturated carbocycles. The van der Waals surface area contributed by atoms with Crippen LogP contribution in [0, 0.1) is 0 Å². The second-order valence-corrected chi connectivity index (χ2v) is 6.93. The molecule has 1 aromatic heterocycles. The molecule has 3 aromatic rings. The van der Waals surface area contributed by atoms with E-state index in [2.05, 4.69) is 11.1 Å². The number of aliphatic hydroxyl groups is 1. The molecule has 2 aromatic carbocycles. The van der Waals surface area contributed by atoms with Gasteiger partial charge < -0.3 is 14.6 Å². The van der Waals surface area contributed by atoms with Crippen LogP contribution in [-0.4, -0.2) is 22.3 Å². The highest BCUT2D eigenvalue weighted by Gasteiger charge is 2.34. The van der Waals surface area contributed by atoms with E-state index in [-0.39, 0.29) is 0 Å². The second kappa shape index (κ2) is 6.46. The maximum Gasteiger partial charge on any atom is 0.130 e. The van der Waals surface area contributed by atoms with Crippen molar-refractivity contribution in [2.45, 2.75) is 26.1 Å². The van der Waals surface area contributed by atoms with Crippen molar-refractivity contribution in [1.29, 1.82) is 0 Å². The van der Waals surface area contributed by atoms with E-state index in [1.54, 1.807) is 0 Å². The topological polar surface area (TPSA) is 51.6 Å².